The van der Waals surface area contributed by atoms with Crippen molar-refractivity contribution in [3.8, 4) is 45.6 Å². The Labute approximate surface area is 248 Å². The van der Waals surface area contributed by atoms with Gasteiger partial charge in [0.05, 0.1) is 11.6 Å². The number of hydrogen-bond acceptors (Lipinski definition) is 3. The molecule has 0 amide bonds. The first-order chi connectivity index (χ1) is 21.1. The van der Waals surface area contributed by atoms with Crippen LogP contribution in [0.2, 0.25) is 0 Å². The van der Waals surface area contributed by atoms with Crippen LogP contribution in [-0.4, -0.2) is 0 Å². The van der Waals surface area contributed by atoms with Crippen LogP contribution < -0.4 is 23.5 Å². The van der Waals surface area contributed by atoms with Crippen LogP contribution in [0.3, 0.4) is 0 Å². The SMILES string of the molecule is CC1(C)c2ccccc2N2c3cccc4c3C35c6c(cccc6Oc6cc(-c7ccccc7)cc([n+]63)-c3ccc1c2[n+]35)O4. The molecule has 6 aromatic rings. The van der Waals surface area contributed by atoms with Gasteiger partial charge in [0.15, 0.2) is 22.6 Å². The van der Waals surface area contributed by atoms with Gasteiger partial charge in [-0.2, -0.15) is 4.90 Å². The van der Waals surface area contributed by atoms with Gasteiger partial charge in [-0.05, 0) is 53.6 Å². The molecule has 1 unspecified atom stereocenters. The molecule has 0 saturated carbocycles. The molecule has 1 atom stereocenters. The van der Waals surface area contributed by atoms with Gasteiger partial charge in [0, 0.05) is 17.0 Å². The molecule has 0 bridgehead atoms. The fraction of sp³-hybridized carbons (Fsp3) is 0.105. The summed E-state index contributed by atoms with van der Waals surface area (Å²) in [5, 5.41) is 0. The first-order valence-corrected chi connectivity index (χ1v) is 14.9. The number of nitrogens with zero attached hydrogens (tertiary/aromatic N) is 3. The van der Waals surface area contributed by atoms with E-state index in [2.05, 4.69) is 137 Å². The quantitative estimate of drug-likeness (QED) is 0.193. The summed E-state index contributed by atoms with van der Waals surface area (Å²) in [5.41, 5.74) is 10.8. The number of benzene rings is 4. The number of anilines is 3. The number of para-hydroxylation sites is 1. The van der Waals surface area contributed by atoms with Crippen molar-refractivity contribution < 1.29 is 18.6 Å². The maximum atomic E-state index is 6.83. The molecule has 0 N–H and O–H groups in total. The molecule has 5 aliphatic heterocycles. The minimum atomic E-state index is -0.701. The maximum absolute atomic E-state index is 6.83. The van der Waals surface area contributed by atoms with Gasteiger partial charge < -0.3 is 9.47 Å². The summed E-state index contributed by atoms with van der Waals surface area (Å²) >= 11 is 0. The van der Waals surface area contributed by atoms with Crippen LogP contribution in [0.4, 0.5) is 17.2 Å². The van der Waals surface area contributed by atoms with Gasteiger partial charge in [-0.3, -0.25) is 0 Å². The predicted octanol–water partition coefficient (Wildman–Crippen LogP) is 7.84. The van der Waals surface area contributed by atoms with E-state index in [9.17, 15) is 0 Å². The summed E-state index contributed by atoms with van der Waals surface area (Å²) in [5.74, 6) is 4.56. The van der Waals surface area contributed by atoms with Crippen LogP contribution in [0.25, 0.3) is 22.5 Å². The maximum Gasteiger partial charge on any atom is 0.381 e. The fourth-order valence-corrected chi connectivity index (χ4v) is 8.52. The molecular weight excluding hydrogens is 530 g/mol. The van der Waals surface area contributed by atoms with Crippen LogP contribution in [0, 0.1) is 0 Å². The third-order valence-electron chi connectivity index (χ3n) is 10.2. The molecule has 5 nitrogen and oxygen atoms in total. The lowest BCUT2D eigenvalue weighted by atomic mass is 9.72. The molecule has 0 fully saturated rings. The second kappa shape index (κ2) is 6.96. The topological polar surface area (TPSA) is 29.5 Å². The highest BCUT2D eigenvalue weighted by Crippen LogP contribution is 2.63. The van der Waals surface area contributed by atoms with E-state index in [-0.39, 0.29) is 5.41 Å². The summed E-state index contributed by atoms with van der Waals surface area (Å²) in [6, 6.07) is 41.3. The van der Waals surface area contributed by atoms with Crippen LogP contribution in [0.5, 0.6) is 23.1 Å². The number of ether oxygens (including phenoxy) is 2. The predicted molar refractivity (Wildman–Crippen MR) is 163 cm³/mol. The van der Waals surface area contributed by atoms with Crippen molar-refractivity contribution in [3.05, 3.63) is 138 Å². The normalized spacial score (nSPS) is 19.1. The van der Waals surface area contributed by atoms with Crippen LogP contribution in [-0.2, 0) is 11.1 Å². The summed E-state index contributed by atoms with van der Waals surface area (Å²) < 4.78 is 18.6. The van der Waals surface area contributed by atoms with Crippen molar-refractivity contribution >= 4 is 17.2 Å². The molecule has 1 spiro atoms. The van der Waals surface area contributed by atoms with Gasteiger partial charge in [-0.1, -0.05) is 74.5 Å². The molecule has 4 aromatic carbocycles. The first-order valence-electron chi connectivity index (χ1n) is 14.9. The molecule has 0 saturated heterocycles. The third-order valence-corrected chi connectivity index (χ3v) is 10.2. The molecule has 5 aliphatic rings. The smallest absolute Gasteiger partial charge is 0.381 e. The summed E-state index contributed by atoms with van der Waals surface area (Å²) in [6.45, 7) is 4.71. The van der Waals surface area contributed by atoms with E-state index in [1.54, 1.807) is 0 Å². The Balaban J connectivity index is 1.38. The van der Waals surface area contributed by atoms with Crippen molar-refractivity contribution in [2.75, 3.05) is 4.90 Å². The molecule has 2 aromatic heterocycles. The lowest BCUT2D eigenvalue weighted by Crippen LogP contribution is -2.75. The van der Waals surface area contributed by atoms with Crippen molar-refractivity contribution in [1.29, 1.82) is 0 Å². The standard InChI is InChI=1S/C38H25N3O2/c1-37(2)24-12-6-7-13-26(24)39-28-14-8-15-30-34(28)38-35-31(42-30)16-9-17-32(35)43-33-21-23(22-10-4-3-5-11-22)20-29(40(33)38)27-19-18-25(37)36(39)41(27)38/h3-21H,1-2H3/q+2. The van der Waals surface area contributed by atoms with Gasteiger partial charge in [0.2, 0.25) is 5.69 Å². The summed E-state index contributed by atoms with van der Waals surface area (Å²) in [6.07, 6.45) is 0. The van der Waals surface area contributed by atoms with Crippen molar-refractivity contribution in [2.24, 2.45) is 0 Å². The van der Waals surface area contributed by atoms with Gasteiger partial charge >= 0.3 is 11.5 Å². The monoisotopic (exact) mass is 555 g/mol. The Morgan fingerprint density at radius 2 is 1.28 bits per heavy atom. The second-order valence-corrected chi connectivity index (χ2v) is 12.6. The van der Waals surface area contributed by atoms with E-state index in [1.165, 1.54) is 22.6 Å². The molecule has 0 radical (unpaired) electrons. The van der Waals surface area contributed by atoms with E-state index in [0.29, 0.717) is 0 Å². The largest absolute Gasteiger partial charge is 0.455 e. The number of aromatic nitrogens is 2. The van der Waals surface area contributed by atoms with E-state index < -0.39 is 5.66 Å². The molecule has 7 heterocycles. The molecule has 0 aliphatic carbocycles. The van der Waals surface area contributed by atoms with Gasteiger partial charge in [-0.15, -0.1) is 9.13 Å². The Morgan fingerprint density at radius 1 is 0.558 bits per heavy atom. The van der Waals surface area contributed by atoms with Gasteiger partial charge in [0.1, 0.15) is 17.2 Å². The Bertz CT molecular complexity index is 2290. The van der Waals surface area contributed by atoms with Crippen LogP contribution in [0.15, 0.2) is 115 Å². The molecule has 5 heteroatoms. The zero-order chi connectivity index (χ0) is 28.2. The Hall–Kier alpha value is -5.42. The molecular formula is C38H25N3O2+2. The van der Waals surface area contributed by atoms with E-state index >= 15 is 0 Å². The zero-order valence-corrected chi connectivity index (χ0v) is 23.6. The number of rotatable bonds is 1. The van der Waals surface area contributed by atoms with Gasteiger partial charge in [-0.25, -0.2) is 0 Å². The van der Waals surface area contributed by atoms with E-state index in [1.807, 2.05) is 6.07 Å². The second-order valence-electron chi connectivity index (χ2n) is 12.6. The highest BCUT2D eigenvalue weighted by molar-refractivity contribution is 5.89. The minimum Gasteiger partial charge on any atom is -0.455 e. The average molecular weight is 556 g/mol. The fourth-order valence-electron chi connectivity index (χ4n) is 8.52. The highest BCUT2D eigenvalue weighted by Gasteiger charge is 2.73. The van der Waals surface area contributed by atoms with Crippen LogP contribution in [0.1, 0.15) is 36.1 Å². The molecule has 43 heavy (non-hydrogen) atoms. The van der Waals surface area contributed by atoms with Crippen molar-refractivity contribution in [3.63, 3.8) is 0 Å². The molecule has 11 rings (SSSR count). The van der Waals surface area contributed by atoms with Crippen LogP contribution >= 0.6 is 0 Å². The lowest BCUT2D eigenvalue weighted by Gasteiger charge is -2.44. The van der Waals surface area contributed by atoms with E-state index in [4.69, 9.17) is 9.47 Å². The minimum absolute atomic E-state index is 0.202. The first kappa shape index (κ1) is 22.2. The third kappa shape index (κ3) is 2.28. The number of fused-ring (bicyclic) bond motifs is 4. The van der Waals surface area contributed by atoms with E-state index in [0.717, 1.165) is 62.5 Å². The van der Waals surface area contributed by atoms with Crippen molar-refractivity contribution in [2.45, 2.75) is 24.9 Å². The number of pyridine rings is 2. The summed E-state index contributed by atoms with van der Waals surface area (Å²) in [4.78, 5) is 2.47. The lowest BCUT2D eigenvalue weighted by molar-refractivity contribution is -0.936. The Kier molecular flexibility index (Phi) is 3.59. The van der Waals surface area contributed by atoms with Crippen molar-refractivity contribution in [1.82, 2.24) is 0 Å². The summed E-state index contributed by atoms with van der Waals surface area (Å²) in [7, 11) is 0. The van der Waals surface area contributed by atoms with Gasteiger partial charge in [0.25, 0.3) is 11.5 Å². The number of hydrogen-bond donors (Lipinski definition) is 0. The molecule has 202 valence electrons. The zero-order valence-electron chi connectivity index (χ0n) is 23.6. The average Bonchev–Trinajstić information content (AvgIpc) is 3.33. The Morgan fingerprint density at radius 3 is 2.14 bits per heavy atom. The highest BCUT2D eigenvalue weighted by atomic mass is 16.5.